The maximum absolute atomic E-state index is 10.7. The minimum atomic E-state index is -6.09. The summed E-state index contributed by atoms with van der Waals surface area (Å²) >= 11 is 0. The second-order valence-corrected chi connectivity index (χ2v) is 22.1. The van der Waals surface area contributed by atoms with Crippen molar-refractivity contribution in [3.8, 4) is 11.4 Å². The minimum absolute atomic E-state index is 0.0592. The Balaban J connectivity index is 0.000000370. The zero-order valence-electron chi connectivity index (χ0n) is 37.9. The number of alkyl halides is 3. The van der Waals surface area contributed by atoms with Crippen molar-refractivity contribution in [1.29, 1.82) is 0 Å². The van der Waals surface area contributed by atoms with Gasteiger partial charge < -0.3 is 4.55 Å². The molecule has 0 spiro atoms. The molecule has 0 amide bonds. The summed E-state index contributed by atoms with van der Waals surface area (Å²) in [6.07, 6.45) is 2.47. The van der Waals surface area contributed by atoms with Gasteiger partial charge in [0.2, 0.25) is 0 Å². The third-order valence-electron chi connectivity index (χ3n) is 11.2. The first kappa shape index (κ1) is 47.9. The van der Waals surface area contributed by atoms with Crippen LogP contribution in [0.3, 0.4) is 0 Å². The summed E-state index contributed by atoms with van der Waals surface area (Å²) in [7, 11) is -8.17. The van der Waals surface area contributed by atoms with E-state index >= 15 is 0 Å². The number of halogens is 3. The van der Waals surface area contributed by atoms with Crippen molar-refractivity contribution >= 4 is 25.7 Å². The second kappa shape index (κ2) is 20.2. The Morgan fingerprint density at radius 2 is 0.803 bits per heavy atom. The number of aromatic nitrogens is 4. The lowest BCUT2D eigenvalue weighted by molar-refractivity contribution is -0.530. The van der Waals surface area contributed by atoms with Crippen LogP contribution in [-0.2, 0) is 10.1 Å². The lowest BCUT2D eigenvalue weighted by Gasteiger charge is -2.34. The lowest BCUT2D eigenvalue weighted by atomic mass is 10.00. The van der Waals surface area contributed by atoms with E-state index in [-0.39, 0.29) is 12.1 Å². The molecular formula is C53H53F3N4O3P2S. The van der Waals surface area contributed by atoms with Crippen molar-refractivity contribution in [2.75, 3.05) is 0 Å². The molecule has 0 fully saturated rings. The average Bonchev–Trinajstić information content (AvgIpc) is 3.27. The van der Waals surface area contributed by atoms with Crippen LogP contribution in [0.2, 0.25) is 0 Å². The second-order valence-electron chi connectivity index (χ2n) is 16.5. The highest BCUT2D eigenvalue weighted by Gasteiger charge is 2.42. The van der Waals surface area contributed by atoms with Gasteiger partial charge in [0.05, 0.1) is 0 Å². The third kappa shape index (κ3) is 10.3. The van der Waals surface area contributed by atoms with E-state index in [0.717, 1.165) is 0 Å². The Labute approximate surface area is 387 Å². The van der Waals surface area contributed by atoms with Gasteiger partial charge >= 0.3 is 21.1 Å². The van der Waals surface area contributed by atoms with Gasteiger partial charge in [-0.25, -0.2) is 8.42 Å². The van der Waals surface area contributed by atoms with E-state index in [2.05, 4.69) is 229 Å². The molecule has 13 heteroatoms. The van der Waals surface area contributed by atoms with E-state index in [4.69, 9.17) is 13.0 Å². The fourth-order valence-corrected chi connectivity index (χ4v) is 15.9. The maximum atomic E-state index is 10.7. The zero-order valence-corrected chi connectivity index (χ0v) is 40.5. The normalized spacial score (nSPS) is 12.2. The van der Waals surface area contributed by atoms with Crippen LogP contribution >= 0.6 is 15.6 Å². The number of rotatable bonds is 8. The van der Waals surface area contributed by atoms with Gasteiger partial charge in [-0.3, -0.25) is 0 Å². The number of fused-ring (bicyclic) bond motifs is 2. The molecular weight excluding hydrogens is 892 g/mol. The Morgan fingerprint density at radius 3 is 1.09 bits per heavy atom. The quantitative estimate of drug-likeness (QED) is 0.112. The highest BCUT2D eigenvalue weighted by atomic mass is 32.2. The topological polar surface area (TPSA) is 75.9 Å². The van der Waals surface area contributed by atoms with Gasteiger partial charge in [0, 0.05) is 0 Å². The highest BCUT2D eigenvalue weighted by Crippen LogP contribution is 2.54. The molecule has 7 nitrogen and oxygen atoms in total. The van der Waals surface area contributed by atoms with Crippen molar-refractivity contribution < 1.29 is 30.5 Å². The summed E-state index contributed by atoms with van der Waals surface area (Å²) in [4.78, 5) is 0. The summed E-state index contributed by atoms with van der Waals surface area (Å²) < 4.78 is 70.0. The molecule has 7 aromatic carbocycles. The van der Waals surface area contributed by atoms with Crippen molar-refractivity contribution in [2.45, 2.75) is 66.1 Å². The van der Waals surface area contributed by atoms with Crippen molar-refractivity contribution in [2.24, 2.45) is 0 Å². The summed E-state index contributed by atoms with van der Waals surface area (Å²) in [6.45, 7) is 15.7. The highest BCUT2D eigenvalue weighted by molar-refractivity contribution is 7.86. The lowest BCUT2D eigenvalue weighted by Crippen LogP contribution is -2.40. The van der Waals surface area contributed by atoms with Crippen LogP contribution in [0.5, 0.6) is 0 Å². The summed E-state index contributed by atoms with van der Waals surface area (Å²) in [5, 5.41) is 0. The first-order valence-electron chi connectivity index (χ1n) is 21.5. The van der Waals surface area contributed by atoms with Crippen LogP contribution in [0.25, 0.3) is 11.4 Å². The van der Waals surface area contributed by atoms with Crippen molar-refractivity contribution in [3.05, 3.63) is 243 Å². The molecule has 3 aromatic heterocycles. The fraction of sp³-hybridized carbons (Fsp3) is 0.189. The van der Waals surface area contributed by atoms with E-state index in [0.29, 0.717) is 0 Å². The molecule has 0 saturated heterocycles. The SMILES string of the molecule is Cc1cc(C)c(-n2c[n+](-c3c(C)cc(C)cc3C)p3n(C(c4ccccc4)c4ccccc4)p2n3C(c2ccccc2)c2ccccc2)c(C)c1.Cc1ccccc1.O=S(=O)([O-])C(F)(F)F. The summed E-state index contributed by atoms with van der Waals surface area (Å²) in [5.74, 6) is 0. The molecule has 0 aliphatic rings. The van der Waals surface area contributed by atoms with Crippen LogP contribution < -0.4 is 4.33 Å². The first-order valence-corrected chi connectivity index (χ1v) is 25.3. The predicted octanol–water partition coefficient (Wildman–Crippen LogP) is 13.8. The molecule has 0 aliphatic carbocycles. The molecule has 10 aromatic rings. The van der Waals surface area contributed by atoms with Gasteiger partial charge in [-0.1, -0.05) is 193 Å². The molecule has 66 heavy (non-hydrogen) atoms. The smallest absolute Gasteiger partial charge is 0.485 e. The number of nitrogens with zero attached hydrogens (tertiary/aromatic N) is 4. The van der Waals surface area contributed by atoms with Crippen LogP contribution in [0.4, 0.5) is 13.2 Å². The standard InChI is InChI=1S/C45H45N4P2.C7H8.CHF3O3S/c1-32-27-34(3)42(35(4)28-32)46-31-47(43-36(5)29-33(2)30-37(43)6)51-48(44(38-19-11-7-12-20-38)39-21-13-8-14-22-39)50(46)49(51)45(40-23-15-9-16-24-40)41-25-17-10-18-26-41;1-7-5-3-2-4-6-7;2-1(3,4)8(5,6)7/h7-31,44-45H,1-6H3;2-6H,1H3;(H,5,6,7)/q+1;;/p-1. The van der Waals surface area contributed by atoms with E-state index in [1.165, 1.54) is 72.6 Å². The van der Waals surface area contributed by atoms with Gasteiger partial charge in [-0.2, -0.15) is 30.0 Å². The molecule has 3 heterocycles. The van der Waals surface area contributed by atoms with Gasteiger partial charge in [0.1, 0.15) is 23.5 Å². The van der Waals surface area contributed by atoms with E-state index in [1.807, 2.05) is 18.2 Å². The minimum Gasteiger partial charge on any atom is -0.741 e. The van der Waals surface area contributed by atoms with E-state index in [9.17, 15) is 13.2 Å². The van der Waals surface area contributed by atoms with Crippen LogP contribution in [-0.4, -0.2) is 31.0 Å². The Hall–Kier alpha value is -6.09. The van der Waals surface area contributed by atoms with Gasteiger partial charge in [-0.15, -0.1) is 0 Å². The number of hydrogen-bond acceptors (Lipinski definition) is 3. The predicted molar refractivity (Wildman–Crippen MR) is 262 cm³/mol. The number of aryl methyl sites for hydroxylation is 7. The largest absolute Gasteiger partial charge is 0.741 e. The molecule has 0 N–H and O–H groups in total. The van der Waals surface area contributed by atoms with E-state index < -0.39 is 31.3 Å². The Bertz CT molecular complexity index is 2860. The molecule has 10 rings (SSSR count). The maximum Gasteiger partial charge on any atom is 0.485 e. The summed E-state index contributed by atoms with van der Waals surface area (Å²) in [6, 6.07) is 64.4. The third-order valence-corrected chi connectivity index (χ3v) is 17.5. The molecule has 2 bridgehead atoms. The number of benzene rings is 7. The number of hydrogen-bond donors (Lipinski definition) is 0. The van der Waals surface area contributed by atoms with Gasteiger partial charge in [0.25, 0.3) is 0 Å². The monoisotopic (exact) mass is 944 g/mol. The molecule has 0 unspecified atom stereocenters. The molecule has 0 aliphatic heterocycles. The van der Waals surface area contributed by atoms with Crippen LogP contribution in [0, 0.1) is 48.5 Å². The molecule has 0 radical (unpaired) electrons. The first-order chi connectivity index (χ1) is 31.5. The molecule has 0 atom stereocenters. The Morgan fingerprint density at radius 1 is 0.500 bits per heavy atom. The zero-order chi connectivity index (χ0) is 47.3. The molecule has 340 valence electrons. The average molecular weight is 945 g/mol. The molecule has 0 saturated carbocycles. The van der Waals surface area contributed by atoms with Crippen LogP contribution in [0.1, 0.15) is 73.3 Å². The van der Waals surface area contributed by atoms with Crippen molar-refractivity contribution in [1.82, 2.24) is 12.5 Å². The van der Waals surface area contributed by atoms with E-state index in [1.54, 1.807) is 0 Å². The Kier molecular flexibility index (Phi) is 14.6. The van der Waals surface area contributed by atoms with Gasteiger partial charge in [-0.05, 0) is 93.0 Å². The summed E-state index contributed by atoms with van der Waals surface area (Å²) in [5.41, 5.74) is 11.3. The van der Waals surface area contributed by atoms with Gasteiger partial charge in [0.15, 0.2) is 16.4 Å². The van der Waals surface area contributed by atoms with Crippen LogP contribution in [0.15, 0.2) is 182 Å². The fourth-order valence-electron chi connectivity index (χ4n) is 8.66. The van der Waals surface area contributed by atoms with Crippen molar-refractivity contribution in [3.63, 3.8) is 0 Å².